The number of nitrogens with one attached hydrogen (secondary N) is 1. The summed E-state index contributed by atoms with van der Waals surface area (Å²) >= 11 is 0. The Morgan fingerprint density at radius 2 is 1.87 bits per heavy atom. The van der Waals surface area contributed by atoms with Gasteiger partial charge in [0.2, 0.25) is 0 Å². The van der Waals surface area contributed by atoms with Crippen LogP contribution in [0.25, 0.3) is 5.69 Å². The second-order valence-corrected chi connectivity index (χ2v) is 8.12. The molecule has 1 aliphatic rings. The van der Waals surface area contributed by atoms with Crippen LogP contribution in [0.2, 0.25) is 0 Å². The molecule has 0 spiro atoms. The van der Waals surface area contributed by atoms with E-state index in [0.29, 0.717) is 12.1 Å². The fourth-order valence-electron chi connectivity index (χ4n) is 4.14. The first-order valence-corrected chi connectivity index (χ1v) is 10.4. The van der Waals surface area contributed by atoms with Gasteiger partial charge in [-0.05, 0) is 55.2 Å². The van der Waals surface area contributed by atoms with Gasteiger partial charge < -0.3 is 10.2 Å². The van der Waals surface area contributed by atoms with E-state index < -0.39 is 0 Å². The van der Waals surface area contributed by atoms with Crippen molar-refractivity contribution in [2.75, 3.05) is 18.0 Å². The smallest absolute Gasteiger partial charge is 0.254 e. The number of fused-ring (bicyclic) bond motifs is 1. The summed E-state index contributed by atoms with van der Waals surface area (Å²) in [4.78, 5) is 15.3. The van der Waals surface area contributed by atoms with Crippen LogP contribution in [0.3, 0.4) is 0 Å². The van der Waals surface area contributed by atoms with E-state index in [-0.39, 0.29) is 23.7 Å². The number of halogens is 1. The number of benzene rings is 2. The summed E-state index contributed by atoms with van der Waals surface area (Å²) in [6, 6.07) is 14.8. The molecule has 1 aliphatic heterocycles. The van der Waals surface area contributed by atoms with Crippen LogP contribution < -0.4 is 10.2 Å². The summed E-state index contributed by atoms with van der Waals surface area (Å²) < 4.78 is 15.0. The molecule has 1 aromatic heterocycles. The van der Waals surface area contributed by atoms with Crippen molar-refractivity contribution < 1.29 is 9.18 Å². The average molecular weight is 407 g/mol. The van der Waals surface area contributed by atoms with Crippen molar-refractivity contribution in [3.8, 4) is 5.69 Å². The topological polar surface area (TPSA) is 50.2 Å². The second kappa shape index (κ2) is 8.30. The maximum atomic E-state index is 13.3. The molecular formula is C24H27FN4O. The van der Waals surface area contributed by atoms with Crippen molar-refractivity contribution >= 4 is 11.6 Å². The third-order valence-electron chi connectivity index (χ3n) is 5.68. The lowest BCUT2D eigenvalue weighted by molar-refractivity contribution is 0.0950. The molecule has 1 atom stereocenters. The van der Waals surface area contributed by atoms with Crippen LogP contribution in [-0.4, -0.2) is 34.8 Å². The molecule has 2 aromatic carbocycles. The Labute approximate surface area is 176 Å². The van der Waals surface area contributed by atoms with Crippen molar-refractivity contribution in [3.05, 3.63) is 77.4 Å². The molecule has 1 N–H and O–H groups in total. The van der Waals surface area contributed by atoms with E-state index in [4.69, 9.17) is 0 Å². The molecule has 0 saturated heterocycles. The van der Waals surface area contributed by atoms with Crippen LogP contribution >= 0.6 is 0 Å². The van der Waals surface area contributed by atoms with Crippen molar-refractivity contribution in [2.24, 2.45) is 0 Å². The number of carbonyl (C=O) groups excluding carboxylic acids is 1. The van der Waals surface area contributed by atoms with Gasteiger partial charge in [0.05, 0.1) is 23.1 Å². The zero-order chi connectivity index (χ0) is 21.3. The molecule has 2 heterocycles. The van der Waals surface area contributed by atoms with E-state index in [2.05, 4.69) is 46.5 Å². The van der Waals surface area contributed by atoms with E-state index in [1.165, 1.54) is 23.4 Å². The molecule has 3 aromatic rings. The summed E-state index contributed by atoms with van der Waals surface area (Å²) in [5.74, 6) is -0.347. The number of hydrogen-bond acceptors (Lipinski definition) is 3. The minimum absolute atomic E-state index is 0.0844. The number of nitrogens with zero attached hydrogens (tertiary/aromatic N) is 3. The summed E-state index contributed by atoms with van der Waals surface area (Å²) in [6.07, 6.45) is 2.64. The second-order valence-electron chi connectivity index (χ2n) is 8.12. The van der Waals surface area contributed by atoms with Gasteiger partial charge in [-0.2, -0.15) is 5.10 Å². The predicted molar refractivity (Wildman–Crippen MR) is 117 cm³/mol. The van der Waals surface area contributed by atoms with Crippen LogP contribution in [0.15, 0.2) is 54.7 Å². The van der Waals surface area contributed by atoms with E-state index in [1.807, 2.05) is 13.8 Å². The zero-order valence-corrected chi connectivity index (χ0v) is 17.6. The van der Waals surface area contributed by atoms with Crippen molar-refractivity contribution in [1.29, 1.82) is 0 Å². The molecule has 0 fully saturated rings. The fourth-order valence-corrected chi connectivity index (χ4v) is 4.14. The normalized spacial score (nSPS) is 14.1. The first kappa shape index (κ1) is 20.1. The lowest BCUT2D eigenvalue weighted by atomic mass is 10.0. The van der Waals surface area contributed by atoms with Crippen LogP contribution in [0.5, 0.6) is 0 Å². The van der Waals surface area contributed by atoms with Gasteiger partial charge in [-0.3, -0.25) is 4.79 Å². The Balaban J connectivity index is 1.49. The van der Waals surface area contributed by atoms with Gasteiger partial charge in [0.15, 0.2) is 0 Å². The van der Waals surface area contributed by atoms with Gasteiger partial charge in [0, 0.05) is 24.8 Å². The van der Waals surface area contributed by atoms with E-state index in [9.17, 15) is 9.18 Å². The molecule has 30 heavy (non-hydrogen) atoms. The van der Waals surface area contributed by atoms with Crippen LogP contribution in [-0.2, 0) is 6.42 Å². The molecule has 156 valence electrons. The predicted octanol–water partition coefficient (Wildman–Crippen LogP) is 4.32. The summed E-state index contributed by atoms with van der Waals surface area (Å²) in [5.41, 5.74) is 4.73. The number of rotatable bonds is 6. The number of carbonyl (C=O) groups is 1. The highest BCUT2D eigenvalue weighted by Crippen LogP contribution is 2.29. The molecular weight excluding hydrogens is 379 g/mol. The van der Waals surface area contributed by atoms with Gasteiger partial charge in [-0.1, -0.05) is 32.0 Å². The molecule has 6 heteroatoms. The first-order valence-electron chi connectivity index (χ1n) is 10.4. The monoisotopic (exact) mass is 406 g/mol. The molecule has 0 bridgehead atoms. The van der Waals surface area contributed by atoms with Crippen LogP contribution in [0.4, 0.5) is 10.1 Å². The van der Waals surface area contributed by atoms with Gasteiger partial charge in [0.1, 0.15) is 5.82 Å². The number of aromatic nitrogens is 2. The van der Waals surface area contributed by atoms with E-state index in [0.717, 1.165) is 24.3 Å². The maximum Gasteiger partial charge on any atom is 0.254 e. The Morgan fingerprint density at radius 3 is 2.60 bits per heavy atom. The third kappa shape index (κ3) is 3.82. The minimum Gasteiger partial charge on any atom is -0.366 e. The Hall–Kier alpha value is -3.15. The SMILES string of the molecule is CC(C)c1c(C(=O)NCC(C)N2CCc3ccccc32)cnn1-c1ccc(F)cc1. The molecule has 0 radical (unpaired) electrons. The van der Waals surface area contributed by atoms with E-state index >= 15 is 0 Å². The molecule has 5 nitrogen and oxygen atoms in total. The molecule has 1 unspecified atom stereocenters. The highest BCUT2D eigenvalue weighted by atomic mass is 19.1. The minimum atomic E-state index is -0.299. The van der Waals surface area contributed by atoms with Gasteiger partial charge >= 0.3 is 0 Å². The van der Waals surface area contributed by atoms with Crippen molar-refractivity contribution in [2.45, 2.75) is 39.2 Å². The molecule has 0 aliphatic carbocycles. The van der Waals surface area contributed by atoms with Crippen LogP contribution in [0.1, 0.15) is 48.3 Å². The highest BCUT2D eigenvalue weighted by molar-refractivity contribution is 5.95. The number of amides is 1. The first-order chi connectivity index (χ1) is 14.5. The number of para-hydroxylation sites is 1. The highest BCUT2D eigenvalue weighted by Gasteiger charge is 2.25. The fraction of sp³-hybridized carbons (Fsp3) is 0.333. The lowest BCUT2D eigenvalue weighted by Gasteiger charge is -2.27. The quantitative estimate of drug-likeness (QED) is 0.663. The van der Waals surface area contributed by atoms with Gasteiger partial charge in [-0.15, -0.1) is 0 Å². The van der Waals surface area contributed by atoms with Crippen LogP contribution in [0, 0.1) is 5.82 Å². The van der Waals surface area contributed by atoms with Crippen molar-refractivity contribution in [1.82, 2.24) is 15.1 Å². The van der Waals surface area contributed by atoms with E-state index in [1.54, 1.807) is 23.0 Å². The standard InChI is InChI=1S/C24H27FN4O/c1-16(2)23-21(15-27-29(23)20-10-8-19(25)9-11-20)24(30)26-14-17(3)28-13-12-18-6-4-5-7-22(18)28/h4-11,15-17H,12-14H2,1-3H3,(H,26,30). The molecule has 4 rings (SSSR count). The summed E-state index contributed by atoms with van der Waals surface area (Å²) in [5, 5.41) is 7.50. The summed E-state index contributed by atoms with van der Waals surface area (Å²) in [6.45, 7) is 7.70. The molecule has 1 amide bonds. The Bertz CT molecular complexity index is 1040. The van der Waals surface area contributed by atoms with Gasteiger partial charge in [0.25, 0.3) is 5.91 Å². The largest absolute Gasteiger partial charge is 0.366 e. The Morgan fingerprint density at radius 1 is 1.13 bits per heavy atom. The van der Waals surface area contributed by atoms with Crippen molar-refractivity contribution in [3.63, 3.8) is 0 Å². The zero-order valence-electron chi connectivity index (χ0n) is 17.6. The third-order valence-corrected chi connectivity index (χ3v) is 5.68. The lowest BCUT2D eigenvalue weighted by Crippen LogP contribution is -2.41. The average Bonchev–Trinajstić information content (AvgIpc) is 3.37. The summed E-state index contributed by atoms with van der Waals surface area (Å²) in [7, 11) is 0. The van der Waals surface area contributed by atoms with Gasteiger partial charge in [-0.25, -0.2) is 9.07 Å². The Kier molecular flexibility index (Phi) is 5.57. The molecule has 0 saturated carbocycles. The maximum absolute atomic E-state index is 13.3. The number of hydrogen-bond donors (Lipinski definition) is 1. The number of anilines is 1.